The fraction of sp³-hybridized carbons (Fsp3) is 0.667. The van der Waals surface area contributed by atoms with Crippen LogP contribution in [-0.4, -0.2) is 22.1 Å². The maximum absolute atomic E-state index is 12.1. The number of aromatic nitrogens is 2. The fourth-order valence-corrected chi connectivity index (χ4v) is 2.61. The highest BCUT2D eigenvalue weighted by Gasteiger charge is 2.31. The van der Waals surface area contributed by atoms with E-state index in [1.165, 1.54) is 0 Å². The summed E-state index contributed by atoms with van der Waals surface area (Å²) >= 11 is 0. The van der Waals surface area contributed by atoms with Gasteiger partial charge in [-0.15, -0.1) is 0 Å². The van der Waals surface area contributed by atoms with E-state index >= 15 is 0 Å². The Morgan fingerprint density at radius 3 is 3.06 bits per heavy atom. The molecule has 0 bridgehead atoms. The van der Waals surface area contributed by atoms with Crippen LogP contribution >= 0.6 is 0 Å². The van der Waals surface area contributed by atoms with Crippen molar-refractivity contribution in [2.45, 2.75) is 25.7 Å². The third-order valence-corrected chi connectivity index (χ3v) is 3.50. The first kappa shape index (κ1) is 11.3. The average molecular weight is 221 g/mol. The molecule has 88 valence electrons. The van der Waals surface area contributed by atoms with Crippen LogP contribution < -0.4 is 5.73 Å². The molecule has 2 atom stereocenters. The number of Topliss-reactive ketones (excluding diaryl/α,β-unsaturated/α-hetero) is 1. The molecule has 16 heavy (non-hydrogen) atoms. The van der Waals surface area contributed by atoms with E-state index in [9.17, 15) is 4.79 Å². The lowest BCUT2D eigenvalue weighted by Crippen LogP contribution is -2.26. The van der Waals surface area contributed by atoms with Crippen molar-refractivity contribution in [3.63, 3.8) is 0 Å². The van der Waals surface area contributed by atoms with E-state index in [-0.39, 0.29) is 5.92 Å². The lowest BCUT2D eigenvalue weighted by atomic mass is 9.90. The number of nitrogens with zero attached hydrogens (tertiary/aromatic N) is 2. The molecule has 4 nitrogen and oxygen atoms in total. The average Bonchev–Trinajstić information content (AvgIpc) is 2.86. The number of hydrogen-bond donors (Lipinski definition) is 1. The second-order valence-electron chi connectivity index (χ2n) is 4.66. The molecule has 0 aliphatic heterocycles. The molecule has 1 saturated carbocycles. The van der Waals surface area contributed by atoms with E-state index in [2.05, 4.69) is 5.10 Å². The van der Waals surface area contributed by atoms with Gasteiger partial charge in [-0.3, -0.25) is 9.48 Å². The molecular formula is C12H19N3O. The largest absolute Gasteiger partial charge is 0.330 e. The van der Waals surface area contributed by atoms with Crippen LogP contribution in [0.15, 0.2) is 12.3 Å². The normalized spacial score (nSPS) is 24.9. The van der Waals surface area contributed by atoms with Gasteiger partial charge < -0.3 is 5.73 Å². The number of rotatable bonds is 4. The Balaban J connectivity index is 1.97. The smallest absolute Gasteiger partial charge is 0.142 e. The number of carbonyl (C=O) groups is 1. The molecule has 0 saturated heterocycles. The third kappa shape index (κ3) is 2.32. The molecule has 2 unspecified atom stereocenters. The van der Waals surface area contributed by atoms with E-state index < -0.39 is 0 Å². The molecule has 1 heterocycles. The SMILES string of the molecule is Cn1ccc(CC(=O)C2CCCC2CN)n1. The summed E-state index contributed by atoms with van der Waals surface area (Å²) in [5.41, 5.74) is 6.56. The van der Waals surface area contributed by atoms with Gasteiger partial charge >= 0.3 is 0 Å². The zero-order valence-electron chi connectivity index (χ0n) is 9.72. The first-order valence-corrected chi connectivity index (χ1v) is 5.92. The zero-order valence-corrected chi connectivity index (χ0v) is 9.72. The van der Waals surface area contributed by atoms with Gasteiger partial charge in [0.2, 0.25) is 0 Å². The lowest BCUT2D eigenvalue weighted by Gasteiger charge is -2.15. The molecule has 0 spiro atoms. The molecule has 1 aliphatic rings. The summed E-state index contributed by atoms with van der Waals surface area (Å²) < 4.78 is 1.73. The zero-order chi connectivity index (χ0) is 11.5. The van der Waals surface area contributed by atoms with Gasteiger partial charge in [0, 0.05) is 19.2 Å². The highest BCUT2D eigenvalue weighted by atomic mass is 16.1. The minimum atomic E-state index is 0.173. The van der Waals surface area contributed by atoms with Crippen LogP contribution in [0.2, 0.25) is 0 Å². The molecule has 0 amide bonds. The molecule has 1 aromatic rings. The number of nitrogens with two attached hydrogens (primary N) is 1. The Morgan fingerprint density at radius 1 is 1.62 bits per heavy atom. The van der Waals surface area contributed by atoms with Crippen LogP contribution in [0.25, 0.3) is 0 Å². The van der Waals surface area contributed by atoms with Crippen molar-refractivity contribution in [2.75, 3.05) is 6.54 Å². The van der Waals surface area contributed by atoms with Crippen LogP contribution in [0.3, 0.4) is 0 Å². The third-order valence-electron chi connectivity index (χ3n) is 3.50. The fourth-order valence-electron chi connectivity index (χ4n) is 2.61. The molecule has 1 fully saturated rings. The summed E-state index contributed by atoms with van der Waals surface area (Å²) in [4.78, 5) is 12.1. The second kappa shape index (κ2) is 4.78. The minimum Gasteiger partial charge on any atom is -0.330 e. The molecule has 1 aromatic heterocycles. The van der Waals surface area contributed by atoms with Gasteiger partial charge in [-0.05, 0) is 31.4 Å². The van der Waals surface area contributed by atoms with Crippen LogP contribution in [0, 0.1) is 11.8 Å². The Hall–Kier alpha value is -1.16. The lowest BCUT2D eigenvalue weighted by molar-refractivity contribution is -0.123. The second-order valence-corrected chi connectivity index (χ2v) is 4.66. The van der Waals surface area contributed by atoms with Gasteiger partial charge in [0.25, 0.3) is 0 Å². The van der Waals surface area contributed by atoms with Crippen molar-refractivity contribution in [3.8, 4) is 0 Å². The van der Waals surface area contributed by atoms with Gasteiger partial charge in [0.1, 0.15) is 5.78 Å². The quantitative estimate of drug-likeness (QED) is 0.822. The summed E-state index contributed by atoms with van der Waals surface area (Å²) in [6.45, 7) is 0.638. The van der Waals surface area contributed by atoms with Crippen LogP contribution in [0.1, 0.15) is 25.0 Å². The van der Waals surface area contributed by atoms with Gasteiger partial charge in [-0.2, -0.15) is 5.10 Å². The molecule has 1 aliphatic carbocycles. The van der Waals surface area contributed by atoms with Crippen molar-refractivity contribution in [1.82, 2.24) is 9.78 Å². The summed E-state index contributed by atoms with van der Waals surface area (Å²) in [6, 6.07) is 1.91. The standard InChI is InChI=1S/C12H19N3O/c1-15-6-5-10(14-15)7-12(16)11-4-2-3-9(11)8-13/h5-6,9,11H,2-4,7-8,13H2,1H3. The number of carbonyl (C=O) groups excluding carboxylic acids is 1. The number of ketones is 1. The topological polar surface area (TPSA) is 60.9 Å². The molecule has 0 aromatic carbocycles. The Morgan fingerprint density at radius 2 is 2.44 bits per heavy atom. The van der Waals surface area contributed by atoms with Crippen molar-refractivity contribution < 1.29 is 4.79 Å². The molecule has 2 N–H and O–H groups in total. The van der Waals surface area contributed by atoms with E-state index in [4.69, 9.17) is 5.73 Å². The Labute approximate surface area is 95.8 Å². The first-order chi connectivity index (χ1) is 7.70. The highest BCUT2D eigenvalue weighted by Crippen LogP contribution is 2.32. The number of aryl methyl sites for hydroxylation is 1. The van der Waals surface area contributed by atoms with Crippen molar-refractivity contribution in [1.29, 1.82) is 0 Å². The summed E-state index contributed by atoms with van der Waals surface area (Å²) in [5, 5.41) is 4.24. The summed E-state index contributed by atoms with van der Waals surface area (Å²) in [7, 11) is 1.87. The first-order valence-electron chi connectivity index (χ1n) is 5.92. The van der Waals surface area contributed by atoms with Gasteiger partial charge in [0.05, 0.1) is 12.1 Å². The van der Waals surface area contributed by atoms with E-state index in [1.807, 2.05) is 19.3 Å². The van der Waals surface area contributed by atoms with Gasteiger partial charge in [0.15, 0.2) is 0 Å². The summed E-state index contributed by atoms with van der Waals surface area (Å²) in [5.74, 6) is 0.884. The maximum Gasteiger partial charge on any atom is 0.142 e. The number of hydrogen-bond acceptors (Lipinski definition) is 3. The van der Waals surface area contributed by atoms with Gasteiger partial charge in [-0.1, -0.05) is 6.42 Å². The van der Waals surface area contributed by atoms with Crippen LogP contribution in [0.5, 0.6) is 0 Å². The predicted octanol–water partition coefficient (Wildman–Crippen LogP) is 0.907. The Kier molecular flexibility index (Phi) is 3.39. The highest BCUT2D eigenvalue weighted by molar-refractivity contribution is 5.83. The van der Waals surface area contributed by atoms with E-state index in [1.54, 1.807) is 4.68 Å². The van der Waals surface area contributed by atoms with E-state index in [0.717, 1.165) is 25.0 Å². The van der Waals surface area contributed by atoms with Crippen molar-refractivity contribution in [2.24, 2.45) is 24.6 Å². The van der Waals surface area contributed by atoms with Crippen LogP contribution in [0.4, 0.5) is 0 Å². The maximum atomic E-state index is 12.1. The molecule has 4 heteroatoms. The molecular weight excluding hydrogens is 202 g/mol. The summed E-state index contributed by atoms with van der Waals surface area (Å²) in [6.07, 6.45) is 5.59. The van der Waals surface area contributed by atoms with E-state index in [0.29, 0.717) is 24.7 Å². The van der Waals surface area contributed by atoms with Gasteiger partial charge in [-0.25, -0.2) is 0 Å². The van der Waals surface area contributed by atoms with Crippen LogP contribution in [-0.2, 0) is 18.3 Å². The minimum absolute atomic E-state index is 0.173. The monoisotopic (exact) mass is 221 g/mol. The molecule has 2 rings (SSSR count). The molecule has 0 radical (unpaired) electrons. The predicted molar refractivity (Wildman–Crippen MR) is 61.8 cm³/mol. The van der Waals surface area contributed by atoms with Crippen molar-refractivity contribution in [3.05, 3.63) is 18.0 Å². The van der Waals surface area contributed by atoms with Crippen molar-refractivity contribution >= 4 is 5.78 Å². The Bertz CT molecular complexity index is 372.